The molecule has 6 nitrogen and oxygen atoms in total. The normalized spacial score (nSPS) is 11.4. The monoisotopic (exact) mass is 535 g/mol. The molecule has 0 aliphatic carbocycles. The van der Waals surface area contributed by atoms with E-state index in [-0.39, 0.29) is 21.7 Å². The van der Waals surface area contributed by atoms with Crippen molar-refractivity contribution in [1.29, 1.82) is 0 Å². The Kier molecular flexibility index (Phi) is 6.45. The molecule has 186 valence electrons. The third kappa shape index (κ3) is 4.93. The average Bonchev–Trinajstić information content (AvgIpc) is 3.30. The SMILES string of the molecule is Cc1cc(S(=O)(=O)Nc2ccccc2C(=O)N(c2ccc(F)cc2)c2nc3ccccc3s2)ccc1F. The summed E-state index contributed by atoms with van der Waals surface area (Å²) in [6, 6.07) is 22.3. The lowest BCUT2D eigenvalue weighted by Crippen LogP contribution is -2.27. The zero-order valence-electron chi connectivity index (χ0n) is 19.4. The van der Waals surface area contributed by atoms with E-state index in [0.717, 1.165) is 16.8 Å². The van der Waals surface area contributed by atoms with Crippen molar-refractivity contribution in [2.24, 2.45) is 0 Å². The highest BCUT2D eigenvalue weighted by Gasteiger charge is 2.27. The van der Waals surface area contributed by atoms with Gasteiger partial charge in [0.2, 0.25) is 0 Å². The Morgan fingerprint density at radius 1 is 0.919 bits per heavy atom. The van der Waals surface area contributed by atoms with E-state index in [1.54, 1.807) is 12.1 Å². The highest BCUT2D eigenvalue weighted by molar-refractivity contribution is 7.92. The van der Waals surface area contributed by atoms with Crippen LogP contribution in [0.2, 0.25) is 0 Å². The van der Waals surface area contributed by atoms with Gasteiger partial charge in [-0.2, -0.15) is 0 Å². The Morgan fingerprint density at radius 3 is 2.35 bits per heavy atom. The van der Waals surface area contributed by atoms with Crippen molar-refractivity contribution in [3.05, 3.63) is 114 Å². The first-order valence-electron chi connectivity index (χ1n) is 11.1. The molecule has 0 saturated heterocycles. The number of nitrogens with one attached hydrogen (secondary N) is 1. The Balaban J connectivity index is 1.58. The van der Waals surface area contributed by atoms with E-state index in [4.69, 9.17) is 0 Å². The van der Waals surface area contributed by atoms with Gasteiger partial charge < -0.3 is 0 Å². The van der Waals surface area contributed by atoms with Crippen LogP contribution in [-0.2, 0) is 10.0 Å². The predicted molar refractivity (Wildman–Crippen MR) is 141 cm³/mol. The summed E-state index contributed by atoms with van der Waals surface area (Å²) >= 11 is 1.27. The number of carbonyl (C=O) groups excluding carboxylic acids is 1. The zero-order valence-corrected chi connectivity index (χ0v) is 21.0. The van der Waals surface area contributed by atoms with E-state index in [1.165, 1.54) is 65.6 Å². The minimum absolute atomic E-state index is 0.0303. The molecule has 0 bridgehead atoms. The second-order valence-corrected chi connectivity index (χ2v) is 10.8. The molecule has 10 heteroatoms. The minimum atomic E-state index is -4.14. The Labute approximate surface area is 215 Å². The summed E-state index contributed by atoms with van der Waals surface area (Å²) in [5.41, 5.74) is 1.29. The molecule has 0 spiro atoms. The first-order valence-corrected chi connectivity index (χ1v) is 13.4. The fourth-order valence-corrected chi connectivity index (χ4v) is 5.88. The standard InChI is InChI=1S/C27H19F2N3O3S2/c1-17-16-20(14-15-22(17)29)37(34,35)31-23-7-3-2-6-21(23)26(33)32(19-12-10-18(28)11-13-19)27-30-24-8-4-5-9-25(24)36-27/h2-16,31H,1H3. The number of aromatic nitrogens is 1. The molecule has 5 rings (SSSR count). The van der Waals surface area contributed by atoms with Gasteiger partial charge in [0.15, 0.2) is 5.13 Å². The van der Waals surface area contributed by atoms with Crippen LogP contribution < -0.4 is 9.62 Å². The lowest BCUT2D eigenvalue weighted by Gasteiger charge is -2.22. The number of aryl methyl sites for hydroxylation is 1. The van der Waals surface area contributed by atoms with Crippen LogP contribution in [0.5, 0.6) is 0 Å². The first kappa shape index (κ1) is 24.5. The van der Waals surface area contributed by atoms with E-state index >= 15 is 0 Å². The summed E-state index contributed by atoms with van der Waals surface area (Å²) in [4.78, 5) is 19.7. The second kappa shape index (κ2) is 9.72. The zero-order chi connectivity index (χ0) is 26.2. The molecule has 0 fully saturated rings. The highest BCUT2D eigenvalue weighted by Crippen LogP contribution is 2.36. The molecule has 0 aliphatic heterocycles. The summed E-state index contributed by atoms with van der Waals surface area (Å²) in [6.45, 7) is 1.46. The Hall–Kier alpha value is -4.15. The number of carbonyl (C=O) groups is 1. The third-order valence-electron chi connectivity index (χ3n) is 5.60. The van der Waals surface area contributed by atoms with Gasteiger partial charge in [-0.25, -0.2) is 22.2 Å². The summed E-state index contributed by atoms with van der Waals surface area (Å²) in [7, 11) is -4.14. The molecule has 1 amide bonds. The number of halogens is 2. The van der Waals surface area contributed by atoms with Crippen LogP contribution >= 0.6 is 11.3 Å². The number of para-hydroxylation sites is 2. The average molecular weight is 536 g/mol. The van der Waals surface area contributed by atoms with Crippen LogP contribution in [0.3, 0.4) is 0 Å². The number of amides is 1. The number of nitrogens with zero attached hydrogens (tertiary/aromatic N) is 2. The van der Waals surface area contributed by atoms with Gasteiger partial charge >= 0.3 is 0 Å². The lowest BCUT2D eigenvalue weighted by atomic mass is 10.1. The van der Waals surface area contributed by atoms with Gasteiger partial charge in [0.05, 0.1) is 32.1 Å². The molecular formula is C27H19F2N3O3S2. The number of hydrogen-bond acceptors (Lipinski definition) is 5. The van der Waals surface area contributed by atoms with E-state index in [9.17, 15) is 22.0 Å². The van der Waals surface area contributed by atoms with Gasteiger partial charge in [-0.1, -0.05) is 35.6 Å². The minimum Gasteiger partial charge on any atom is -0.279 e. The van der Waals surface area contributed by atoms with Crippen molar-refractivity contribution in [3.63, 3.8) is 0 Å². The van der Waals surface area contributed by atoms with Gasteiger partial charge in [-0.05, 0) is 79.2 Å². The summed E-state index contributed by atoms with van der Waals surface area (Å²) < 4.78 is 56.9. The molecule has 1 heterocycles. The number of anilines is 3. The van der Waals surface area contributed by atoms with Gasteiger partial charge in [0.1, 0.15) is 11.6 Å². The topological polar surface area (TPSA) is 79.4 Å². The van der Waals surface area contributed by atoms with Crippen LogP contribution in [0.4, 0.5) is 25.3 Å². The quantitative estimate of drug-likeness (QED) is 0.264. The van der Waals surface area contributed by atoms with Gasteiger partial charge in [-0.3, -0.25) is 14.4 Å². The van der Waals surface area contributed by atoms with Crippen LogP contribution in [0.25, 0.3) is 10.2 Å². The fraction of sp³-hybridized carbons (Fsp3) is 0.0370. The molecule has 0 unspecified atom stereocenters. The molecule has 0 saturated carbocycles. The largest absolute Gasteiger partial charge is 0.279 e. The maximum absolute atomic E-state index is 14.0. The number of thiazole rings is 1. The molecule has 5 aromatic rings. The molecule has 0 aliphatic rings. The smallest absolute Gasteiger partial charge is 0.266 e. The van der Waals surface area contributed by atoms with Crippen LogP contribution in [0.15, 0.2) is 95.9 Å². The number of rotatable bonds is 6. The second-order valence-electron chi connectivity index (χ2n) is 8.14. The van der Waals surface area contributed by atoms with Crippen molar-refractivity contribution >= 4 is 54.0 Å². The van der Waals surface area contributed by atoms with E-state index < -0.39 is 27.6 Å². The summed E-state index contributed by atoms with van der Waals surface area (Å²) in [6.07, 6.45) is 0. The Bertz CT molecular complexity index is 1700. The molecule has 0 radical (unpaired) electrons. The number of sulfonamides is 1. The van der Waals surface area contributed by atoms with E-state index in [2.05, 4.69) is 9.71 Å². The number of benzene rings is 4. The fourth-order valence-electron chi connectivity index (χ4n) is 3.73. The van der Waals surface area contributed by atoms with Crippen molar-refractivity contribution in [3.8, 4) is 0 Å². The number of fused-ring (bicyclic) bond motifs is 1. The highest BCUT2D eigenvalue weighted by atomic mass is 32.2. The van der Waals surface area contributed by atoms with Crippen LogP contribution in [-0.4, -0.2) is 19.3 Å². The van der Waals surface area contributed by atoms with Crippen molar-refractivity contribution in [2.75, 3.05) is 9.62 Å². The maximum Gasteiger partial charge on any atom is 0.266 e. The molecule has 1 N–H and O–H groups in total. The van der Waals surface area contributed by atoms with Crippen molar-refractivity contribution in [2.45, 2.75) is 11.8 Å². The Morgan fingerprint density at radius 2 is 1.62 bits per heavy atom. The van der Waals surface area contributed by atoms with E-state index in [1.807, 2.05) is 24.3 Å². The molecule has 4 aromatic carbocycles. The van der Waals surface area contributed by atoms with Gasteiger partial charge in [0, 0.05) is 0 Å². The van der Waals surface area contributed by atoms with Gasteiger partial charge in [-0.15, -0.1) is 0 Å². The molecular weight excluding hydrogens is 516 g/mol. The molecule has 0 atom stereocenters. The van der Waals surface area contributed by atoms with Crippen LogP contribution in [0.1, 0.15) is 15.9 Å². The van der Waals surface area contributed by atoms with E-state index in [0.29, 0.717) is 16.3 Å². The predicted octanol–water partition coefficient (Wildman–Crippen LogP) is 6.66. The first-order chi connectivity index (χ1) is 17.7. The molecule has 37 heavy (non-hydrogen) atoms. The van der Waals surface area contributed by atoms with Gasteiger partial charge in [0.25, 0.3) is 15.9 Å². The van der Waals surface area contributed by atoms with Crippen molar-refractivity contribution in [1.82, 2.24) is 4.98 Å². The lowest BCUT2D eigenvalue weighted by molar-refractivity contribution is 0.1000. The summed E-state index contributed by atoms with van der Waals surface area (Å²) in [5.74, 6) is -1.57. The van der Waals surface area contributed by atoms with Crippen molar-refractivity contribution < 1.29 is 22.0 Å². The third-order valence-corrected chi connectivity index (χ3v) is 7.99. The number of hydrogen-bond donors (Lipinski definition) is 1. The summed E-state index contributed by atoms with van der Waals surface area (Å²) in [5, 5.41) is 0.338. The van der Waals surface area contributed by atoms with Crippen LogP contribution in [0, 0.1) is 18.6 Å². The molecule has 1 aromatic heterocycles. The maximum atomic E-state index is 14.0.